The number of aromatic nitrogens is 4. The summed E-state index contributed by atoms with van der Waals surface area (Å²) in [6.07, 6.45) is 10.5. The molecule has 11 nitrogen and oxygen atoms in total. The van der Waals surface area contributed by atoms with Gasteiger partial charge in [-0.3, -0.25) is 0 Å². The molecule has 0 amide bonds. The second-order valence-electron chi connectivity index (χ2n) is 9.91. The maximum absolute atomic E-state index is 12.7. The van der Waals surface area contributed by atoms with Gasteiger partial charge in [-0.15, -0.1) is 24.8 Å². The van der Waals surface area contributed by atoms with Crippen LogP contribution in [-0.2, 0) is 10.0 Å². The number of anilines is 2. The molecule has 5 N–H and O–H groups in total. The van der Waals surface area contributed by atoms with E-state index in [1.807, 2.05) is 6.33 Å². The van der Waals surface area contributed by atoms with Crippen molar-refractivity contribution in [2.24, 2.45) is 5.73 Å². The van der Waals surface area contributed by atoms with E-state index in [1.165, 1.54) is 25.0 Å². The van der Waals surface area contributed by atoms with E-state index in [4.69, 9.17) is 20.4 Å². The lowest BCUT2D eigenvalue weighted by Gasteiger charge is -2.27. The van der Waals surface area contributed by atoms with Gasteiger partial charge in [0.25, 0.3) is 0 Å². The van der Waals surface area contributed by atoms with E-state index < -0.39 is 10.0 Å². The number of methoxy groups -OCH3 is 1. The molecule has 2 fully saturated rings. The molecule has 0 unspecified atom stereocenters. The Morgan fingerprint density at radius 2 is 1.69 bits per heavy atom. The molecule has 2 saturated carbocycles. The van der Waals surface area contributed by atoms with Crippen molar-refractivity contribution in [2.45, 2.75) is 74.4 Å². The Kier molecular flexibility index (Phi) is 11.0. The van der Waals surface area contributed by atoms with Crippen LogP contribution in [0.3, 0.4) is 0 Å². The zero-order chi connectivity index (χ0) is 25.8. The molecule has 0 bridgehead atoms. The van der Waals surface area contributed by atoms with Gasteiger partial charge in [0.15, 0.2) is 17.0 Å². The largest absolute Gasteiger partial charge is 0.497 e. The van der Waals surface area contributed by atoms with Crippen LogP contribution in [0.15, 0.2) is 35.5 Å². The number of fused-ring (bicyclic) bond motifs is 1. The number of nitrogens with two attached hydrogens (primary N) is 1. The number of imidazole rings is 1. The van der Waals surface area contributed by atoms with Crippen molar-refractivity contribution in [1.82, 2.24) is 24.2 Å². The molecule has 2 heterocycles. The predicted octanol–water partition coefficient (Wildman–Crippen LogP) is 3.87. The number of halogens is 2. The second-order valence-corrected chi connectivity index (χ2v) is 11.7. The average Bonchev–Trinajstić information content (AvgIpc) is 3.58. The lowest BCUT2D eigenvalue weighted by atomic mass is 9.92. The molecule has 0 saturated heterocycles. The third-order valence-electron chi connectivity index (χ3n) is 7.32. The maximum atomic E-state index is 12.7. The second kappa shape index (κ2) is 13.8. The van der Waals surface area contributed by atoms with Crippen molar-refractivity contribution in [1.29, 1.82) is 0 Å². The molecular weight excluding hydrogens is 563 g/mol. The van der Waals surface area contributed by atoms with E-state index in [1.54, 1.807) is 19.2 Å². The fraction of sp³-hybridized carbons (Fsp3) is 0.560. The third kappa shape index (κ3) is 7.43. The molecule has 0 spiro atoms. The molecule has 2 aromatic heterocycles. The van der Waals surface area contributed by atoms with Crippen LogP contribution in [0.4, 0.5) is 11.8 Å². The summed E-state index contributed by atoms with van der Waals surface area (Å²) >= 11 is 0. The van der Waals surface area contributed by atoms with Gasteiger partial charge in [0, 0.05) is 31.2 Å². The number of nitrogens with one attached hydrogen (secondary N) is 3. The van der Waals surface area contributed by atoms with Crippen molar-refractivity contribution in [2.75, 3.05) is 30.8 Å². The summed E-state index contributed by atoms with van der Waals surface area (Å²) < 4.78 is 35.2. The first-order valence-electron chi connectivity index (χ1n) is 13.1. The Morgan fingerprint density at radius 1 is 1.00 bits per heavy atom. The molecule has 14 heteroatoms. The lowest BCUT2D eigenvalue weighted by Crippen LogP contribution is -2.33. The predicted molar refractivity (Wildman–Crippen MR) is 158 cm³/mol. The topological polar surface area (TPSA) is 149 Å². The molecule has 0 aliphatic heterocycles. The Hall–Kier alpha value is -2.38. The van der Waals surface area contributed by atoms with E-state index >= 15 is 0 Å². The van der Waals surface area contributed by atoms with Gasteiger partial charge in [-0.25, -0.2) is 18.1 Å². The van der Waals surface area contributed by atoms with Crippen molar-refractivity contribution in [3.05, 3.63) is 30.6 Å². The Bertz CT molecular complexity index is 1310. The molecule has 3 aromatic rings. The highest BCUT2D eigenvalue weighted by Crippen LogP contribution is 2.33. The highest BCUT2D eigenvalue weighted by atomic mass is 35.5. The highest BCUT2D eigenvalue weighted by molar-refractivity contribution is 7.89. The maximum Gasteiger partial charge on any atom is 0.240 e. The summed E-state index contributed by atoms with van der Waals surface area (Å²) in [6, 6.07) is 7.24. The van der Waals surface area contributed by atoms with Gasteiger partial charge in [0.2, 0.25) is 16.0 Å². The first kappa shape index (κ1) is 31.2. The molecule has 2 aliphatic carbocycles. The van der Waals surface area contributed by atoms with E-state index in [9.17, 15) is 8.42 Å². The molecule has 0 radical (unpaired) electrons. The van der Waals surface area contributed by atoms with Crippen LogP contribution in [0.1, 0.15) is 57.4 Å². The van der Waals surface area contributed by atoms with Gasteiger partial charge in [0.1, 0.15) is 5.75 Å². The fourth-order valence-corrected chi connectivity index (χ4v) is 6.24. The van der Waals surface area contributed by atoms with Crippen LogP contribution < -0.4 is 25.8 Å². The van der Waals surface area contributed by atoms with Crippen molar-refractivity contribution >= 4 is 57.8 Å². The van der Waals surface area contributed by atoms with Crippen molar-refractivity contribution < 1.29 is 13.2 Å². The molecule has 39 heavy (non-hydrogen) atoms. The highest BCUT2D eigenvalue weighted by Gasteiger charge is 2.24. The summed E-state index contributed by atoms with van der Waals surface area (Å²) in [6.45, 7) is 0.530. The van der Waals surface area contributed by atoms with Gasteiger partial charge in [-0.2, -0.15) is 9.97 Å². The van der Waals surface area contributed by atoms with Crippen molar-refractivity contribution in [3.8, 4) is 5.75 Å². The monoisotopic (exact) mass is 600 g/mol. The SMILES string of the molecule is COc1ccc(S(=O)(=O)NCCNc2nc(N[C@H]3CC[C@H](N)CC3)nc3c2ncn3C2CCCC2)cc1.Cl.Cl. The van der Waals surface area contributed by atoms with Crippen LogP contribution in [0.5, 0.6) is 5.75 Å². The van der Waals surface area contributed by atoms with Crippen LogP contribution in [0, 0.1) is 0 Å². The van der Waals surface area contributed by atoms with Gasteiger partial charge in [-0.1, -0.05) is 12.8 Å². The smallest absolute Gasteiger partial charge is 0.240 e. The molecule has 2 aliphatic rings. The summed E-state index contributed by atoms with van der Waals surface area (Å²) in [5.74, 6) is 1.76. The number of hydrogen-bond donors (Lipinski definition) is 4. The van der Waals surface area contributed by atoms with E-state index in [0.29, 0.717) is 35.6 Å². The summed E-state index contributed by atoms with van der Waals surface area (Å²) in [5, 5.41) is 6.79. The van der Waals surface area contributed by atoms with E-state index in [2.05, 4.69) is 24.9 Å². The standard InChI is InChI=1S/C25H36N8O3S.2ClH/c1-36-20-10-12-21(13-11-20)37(34,35)29-15-14-27-23-22-24(33(16-28-22)19-4-2-3-5-19)32-25(31-23)30-18-8-6-17(26)7-9-18;;/h10-13,16-19,29H,2-9,14-15,26H2,1H3,(H2,27,30,31,32);2*1H/t17-,18-;;. The van der Waals surface area contributed by atoms with Crippen LogP contribution in [0.2, 0.25) is 0 Å². The van der Waals surface area contributed by atoms with Crippen molar-refractivity contribution in [3.63, 3.8) is 0 Å². The lowest BCUT2D eigenvalue weighted by molar-refractivity contribution is 0.410. The van der Waals surface area contributed by atoms with Gasteiger partial charge < -0.3 is 25.7 Å². The number of nitrogens with zero attached hydrogens (tertiary/aromatic N) is 4. The minimum absolute atomic E-state index is 0. The number of ether oxygens (including phenoxy) is 1. The minimum atomic E-state index is -3.64. The fourth-order valence-electron chi connectivity index (χ4n) is 5.20. The summed E-state index contributed by atoms with van der Waals surface area (Å²) in [5.41, 5.74) is 7.58. The Morgan fingerprint density at radius 3 is 2.36 bits per heavy atom. The average molecular weight is 602 g/mol. The number of rotatable bonds is 10. The molecule has 0 atom stereocenters. The molecule has 1 aromatic carbocycles. The van der Waals surface area contributed by atoms with Crippen LogP contribution in [0.25, 0.3) is 11.2 Å². The zero-order valence-corrected chi connectivity index (χ0v) is 24.5. The quantitative estimate of drug-likeness (QED) is 0.254. The van der Waals surface area contributed by atoms with E-state index in [-0.39, 0.29) is 48.3 Å². The number of sulfonamides is 1. The molecule has 216 valence electrons. The minimum Gasteiger partial charge on any atom is -0.497 e. The molecular formula is C25H38Cl2N8O3S. The van der Waals surface area contributed by atoms with Gasteiger partial charge in [0.05, 0.1) is 18.3 Å². The van der Waals surface area contributed by atoms with Gasteiger partial charge in [-0.05, 0) is 62.8 Å². The number of benzene rings is 1. The van der Waals surface area contributed by atoms with Crippen LogP contribution in [-0.4, -0.2) is 60.2 Å². The Balaban J connectivity index is 0.00000210. The number of hydrogen-bond acceptors (Lipinski definition) is 9. The first-order valence-corrected chi connectivity index (χ1v) is 14.6. The normalized spacial score (nSPS) is 19.7. The van der Waals surface area contributed by atoms with Gasteiger partial charge >= 0.3 is 0 Å². The Labute approximate surface area is 242 Å². The third-order valence-corrected chi connectivity index (χ3v) is 8.80. The summed E-state index contributed by atoms with van der Waals surface area (Å²) in [4.78, 5) is 14.4. The molecule has 5 rings (SSSR count). The first-order chi connectivity index (χ1) is 17.9. The van der Waals surface area contributed by atoms with Crippen LogP contribution >= 0.6 is 24.8 Å². The zero-order valence-electron chi connectivity index (χ0n) is 22.0. The van der Waals surface area contributed by atoms with E-state index in [0.717, 1.165) is 44.2 Å². The summed E-state index contributed by atoms with van der Waals surface area (Å²) in [7, 11) is -2.10.